The van der Waals surface area contributed by atoms with Crippen molar-refractivity contribution in [2.45, 2.75) is 0 Å². The molecule has 5 heteroatoms. The third-order valence-corrected chi connectivity index (χ3v) is 1.98. The van der Waals surface area contributed by atoms with Crippen LogP contribution in [0.1, 0.15) is 5.56 Å². The number of ether oxygens (including phenoxy) is 1. The molecule has 0 aliphatic heterocycles. The average Bonchev–Trinajstić information content (AvgIpc) is 2.25. The van der Waals surface area contributed by atoms with E-state index in [0.29, 0.717) is 16.6 Å². The highest BCUT2D eigenvalue weighted by Gasteiger charge is 2.15. The highest BCUT2D eigenvalue weighted by atomic mass is 79.9. The Morgan fingerprint density at radius 3 is 2.87 bits per heavy atom. The fraction of sp³-hybridized carbons (Fsp3) is 0.200. The molecular weight excluding hydrogens is 262 g/mol. The van der Waals surface area contributed by atoms with E-state index in [1.54, 1.807) is 12.1 Å². The van der Waals surface area contributed by atoms with Crippen molar-refractivity contribution in [2.75, 3.05) is 12.4 Å². The van der Waals surface area contributed by atoms with Gasteiger partial charge in [0.05, 0.1) is 17.4 Å². The first kappa shape index (κ1) is 11.5. The van der Waals surface area contributed by atoms with Crippen LogP contribution in [-0.2, 0) is 0 Å². The van der Waals surface area contributed by atoms with Crippen LogP contribution in [0.15, 0.2) is 18.2 Å². The second-order valence-corrected chi connectivity index (χ2v) is 3.11. The monoisotopic (exact) mass is 269 g/mol. The molecule has 0 fully saturated rings. The Bertz CT molecular complexity index is 434. The number of rotatable bonds is 2. The number of halogens is 1. The van der Waals surface area contributed by atoms with Gasteiger partial charge in [-0.2, -0.15) is 0 Å². The summed E-state index contributed by atoms with van der Waals surface area (Å²) < 4.78 is 5.01. The lowest BCUT2D eigenvalue weighted by Gasteiger charge is -2.02. The molecule has 1 aromatic rings. The van der Waals surface area contributed by atoms with Gasteiger partial charge in [0.1, 0.15) is 11.3 Å². The molecule has 0 spiro atoms. The Kier molecular flexibility index (Phi) is 4.13. The van der Waals surface area contributed by atoms with Crippen LogP contribution in [0.4, 0.5) is 5.69 Å². The molecule has 0 radical (unpaired) electrons. The summed E-state index contributed by atoms with van der Waals surface area (Å²) in [5.41, 5.74) is 0.271. The second-order valence-electron chi connectivity index (χ2n) is 2.55. The number of alkyl halides is 1. The van der Waals surface area contributed by atoms with Crippen molar-refractivity contribution in [3.8, 4) is 17.6 Å². The molecular formula is C10H8BrNO3. The van der Waals surface area contributed by atoms with Gasteiger partial charge in [-0.05, 0) is 6.07 Å². The summed E-state index contributed by atoms with van der Waals surface area (Å²) in [7, 11) is 1.46. The molecule has 0 saturated heterocycles. The summed E-state index contributed by atoms with van der Waals surface area (Å²) in [4.78, 5) is 10.3. The van der Waals surface area contributed by atoms with Crippen molar-refractivity contribution in [3.63, 3.8) is 0 Å². The van der Waals surface area contributed by atoms with E-state index in [0.717, 1.165) is 0 Å². The minimum Gasteiger partial charge on any atom is -0.495 e. The summed E-state index contributed by atoms with van der Waals surface area (Å²) >= 11 is 3.13. The summed E-state index contributed by atoms with van der Waals surface area (Å²) in [6.45, 7) is 0. The number of hydrogen-bond acceptors (Lipinski definition) is 3. The van der Waals surface area contributed by atoms with E-state index < -0.39 is 4.92 Å². The van der Waals surface area contributed by atoms with Gasteiger partial charge in [0, 0.05) is 6.07 Å². The van der Waals surface area contributed by atoms with Crippen molar-refractivity contribution in [1.82, 2.24) is 0 Å². The molecule has 0 unspecified atom stereocenters. The molecule has 0 bridgehead atoms. The average molecular weight is 270 g/mol. The van der Waals surface area contributed by atoms with E-state index in [1.165, 1.54) is 13.2 Å². The fourth-order valence-electron chi connectivity index (χ4n) is 1.09. The van der Waals surface area contributed by atoms with Crippen molar-refractivity contribution in [1.29, 1.82) is 0 Å². The maximum absolute atomic E-state index is 10.7. The predicted molar refractivity (Wildman–Crippen MR) is 60.3 cm³/mol. The van der Waals surface area contributed by atoms with E-state index >= 15 is 0 Å². The minimum absolute atomic E-state index is 0.0391. The summed E-state index contributed by atoms with van der Waals surface area (Å²) in [5, 5.41) is 11.2. The first-order valence-electron chi connectivity index (χ1n) is 4.07. The van der Waals surface area contributed by atoms with Crippen LogP contribution in [-0.4, -0.2) is 17.4 Å². The van der Waals surface area contributed by atoms with Crippen LogP contribution in [0.5, 0.6) is 5.75 Å². The van der Waals surface area contributed by atoms with E-state index in [-0.39, 0.29) is 5.69 Å². The molecule has 0 N–H and O–H groups in total. The van der Waals surface area contributed by atoms with Crippen molar-refractivity contribution in [3.05, 3.63) is 33.9 Å². The molecule has 1 rings (SSSR count). The molecule has 0 aliphatic rings. The Hall–Kier alpha value is -1.54. The van der Waals surface area contributed by atoms with E-state index in [2.05, 4.69) is 27.8 Å². The molecule has 0 heterocycles. The summed E-state index contributed by atoms with van der Waals surface area (Å²) in [6.07, 6.45) is 0. The topological polar surface area (TPSA) is 52.4 Å². The van der Waals surface area contributed by atoms with Gasteiger partial charge in [-0.3, -0.25) is 10.1 Å². The maximum atomic E-state index is 10.7. The lowest BCUT2D eigenvalue weighted by Crippen LogP contribution is -1.95. The zero-order valence-electron chi connectivity index (χ0n) is 7.99. The smallest absolute Gasteiger partial charge is 0.288 e. The predicted octanol–water partition coefficient (Wildman–Crippen LogP) is 2.35. The molecule has 0 saturated carbocycles. The van der Waals surface area contributed by atoms with Crippen LogP contribution in [0.2, 0.25) is 0 Å². The van der Waals surface area contributed by atoms with Gasteiger partial charge in [-0.25, -0.2) is 0 Å². The normalized spacial score (nSPS) is 8.93. The molecule has 0 aliphatic carbocycles. The van der Waals surface area contributed by atoms with Gasteiger partial charge >= 0.3 is 0 Å². The number of nitro groups is 1. The van der Waals surface area contributed by atoms with Gasteiger partial charge < -0.3 is 4.74 Å². The minimum atomic E-state index is -0.471. The molecule has 78 valence electrons. The quantitative estimate of drug-likeness (QED) is 0.359. The number of benzene rings is 1. The Balaban J connectivity index is 3.33. The van der Waals surface area contributed by atoms with Gasteiger partial charge in [0.2, 0.25) is 0 Å². The number of hydrogen-bond donors (Lipinski definition) is 0. The van der Waals surface area contributed by atoms with Crippen molar-refractivity contribution < 1.29 is 9.66 Å². The van der Waals surface area contributed by atoms with Crippen molar-refractivity contribution >= 4 is 21.6 Å². The maximum Gasteiger partial charge on any atom is 0.288 e. The number of methoxy groups -OCH3 is 1. The van der Waals surface area contributed by atoms with E-state index in [1.807, 2.05) is 0 Å². The Morgan fingerprint density at radius 2 is 2.33 bits per heavy atom. The van der Waals surface area contributed by atoms with Crippen molar-refractivity contribution in [2.24, 2.45) is 0 Å². The summed E-state index contributed by atoms with van der Waals surface area (Å²) in [5.74, 6) is 5.83. The standard InChI is InChI=1S/C10H8BrNO3/c1-15-10-6-2-5-9(12(13)14)8(10)4-3-7-11/h2,5-6H,7H2,1H3. The third kappa shape index (κ3) is 2.70. The lowest BCUT2D eigenvalue weighted by atomic mass is 10.1. The van der Waals surface area contributed by atoms with Crippen LogP contribution in [0, 0.1) is 22.0 Å². The Labute approximate surface area is 95.5 Å². The molecule has 0 atom stereocenters. The molecule has 15 heavy (non-hydrogen) atoms. The van der Waals surface area contributed by atoms with Gasteiger partial charge in [-0.1, -0.05) is 33.8 Å². The third-order valence-electron chi connectivity index (χ3n) is 1.70. The van der Waals surface area contributed by atoms with Crippen LogP contribution in [0.3, 0.4) is 0 Å². The molecule has 0 amide bonds. The zero-order chi connectivity index (χ0) is 11.3. The number of nitro benzene ring substituents is 1. The summed E-state index contributed by atoms with van der Waals surface area (Å²) in [6, 6.07) is 4.61. The van der Waals surface area contributed by atoms with Crippen LogP contribution < -0.4 is 4.74 Å². The first-order valence-corrected chi connectivity index (χ1v) is 5.19. The fourth-order valence-corrected chi connectivity index (χ4v) is 1.23. The largest absolute Gasteiger partial charge is 0.495 e. The second kappa shape index (κ2) is 5.37. The zero-order valence-corrected chi connectivity index (χ0v) is 9.58. The highest BCUT2D eigenvalue weighted by molar-refractivity contribution is 9.09. The lowest BCUT2D eigenvalue weighted by molar-refractivity contribution is -0.385. The molecule has 4 nitrogen and oxygen atoms in total. The SMILES string of the molecule is COc1cccc([N+](=O)[O-])c1C#CCBr. The molecule has 1 aromatic carbocycles. The van der Waals surface area contributed by atoms with E-state index in [4.69, 9.17) is 4.74 Å². The number of nitrogens with zero attached hydrogens (tertiary/aromatic N) is 1. The highest BCUT2D eigenvalue weighted by Crippen LogP contribution is 2.26. The Morgan fingerprint density at radius 1 is 1.60 bits per heavy atom. The van der Waals surface area contributed by atoms with Crippen LogP contribution >= 0.6 is 15.9 Å². The van der Waals surface area contributed by atoms with Gasteiger partial charge in [0.25, 0.3) is 5.69 Å². The first-order chi connectivity index (χ1) is 7.20. The van der Waals surface area contributed by atoms with Gasteiger partial charge in [-0.15, -0.1) is 0 Å². The van der Waals surface area contributed by atoms with Gasteiger partial charge in [0.15, 0.2) is 0 Å². The van der Waals surface area contributed by atoms with Crippen LogP contribution in [0.25, 0.3) is 0 Å². The van der Waals surface area contributed by atoms with E-state index in [9.17, 15) is 10.1 Å². The molecule has 0 aromatic heterocycles.